The lowest BCUT2D eigenvalue weighted by Gasteiger charge is -2.01. The first-order valence-electron chi connectivity index (χ1n) is 3.66. The molecule has 0 spiro atoms. The number of nitrogen functional groups attached to an aromatic ring is 1. The fourth-order valence-electron chi connectivity index (χ4n) is 0.868. The molecule has 0 unspecified atom stereocenters. The summed E-state index contributed by atoms with van der Waals surface area (Å²) in [6, 6.07) is 7.26. The highest BCUT2D eigenvalue weighted by Crippen LogP contribution is 2.07. The molecule has 0 fully saturated rings. The molecule has 0 aliphatic rings. The molecule has 0 aliphatic heterocycles. The van der Waals surface area contributed by atoms with Gasteiger partial charge in [-0.1, -0.05) is 12.1 Å². The minimum absolute atomic E-state index is 0.280. The molecule has 0 bridgehead atoms. The second kappa shape index (κ2) is 3.76. The average Bonchev–Trinajstić information content (AvgIpc) is 2.01. The Hall–Kier alpha value is -1.51. The van der Waals surface area contributed by atoms with Crippen LogP contribution < -0.4 is 5.73 Å². The van der Waals surface area contributed by atoms with Gasteiger partial charge in [0.15, 0.2) is 0 Å². The molecule has 12 heavy (non-hydrogen) atoms. The van der Waals surface area contributed by atoms with Gasteiger partial charge in [-0.2, -0.15) is 0 Å². The van der Waals surface area contributed by atoms with Gasteiger partial charge < -0.3 is 10.5 Å². The summed E-state index contributed by atoms with van der Waals surface area (Å²) in [5.74, 6) is -0.280. The van der Waals surface area contributed by atoms with E-state index in [1.54, 1.807) is 12.1 Å². The summed E-state index contributed by atoms with van der Waals surface area (Å²) in [6.07, 6.45) is 0. The minimum Gasteiger partial charge on any atom is -0.461 e. The van der Waals surface area contributed by atoms with Gasteiger partial charge in [-0.05, 0) is 17.7 Å². The molecule has 2 N–H and O–H groups in total. The van der Waals surface area contributed by atoms with Crippen molar-refractivity contribution in [2.45, 2.75) is 13.5 Å². The van der Waals surface area contributed by atoms with Crippen LogP contribution in [0.1, 0.15) is 12.5 Å². The topological polar surface area (TPSA) is 52.3 Å². The number of esters is 1. The molecule has 0 aliphatic carbocycles. The Morgan fingerprint density at radius 1 is 1.58 bits per heavy atom. The van der Waals surface area contributed by atoms with Crippen LogP contribution in [0.2, 0.25) is 0 Å². The van der Waals surface area contributed by atoms with Crippen molar-refractivity contribution in [2.24, 2.45) is 0 Å². The van der Waals surface area contributed by atoms with Crippen LogP contribution in [0.25, 0.3) is 0 Å². The number of nitrogens with two attached hydrogens (primary N) is 1. The molecule has 0 aromatic heterocycles. The van der Waals surface area contributed by atoms with Crippen molar-refractivity contribution in [3.05, 3.63) is 29.8 Å². The van der Waals surface area contributed by atoms with Gasteiger partial charge >= 0.3 is 5.97 Å². The quantitative estimate of drug-likeness (QED) is 0.531. The van der Waals surface area contributed by atoms with Gasteiger partial charge in [0.05, 0.1) is 0 Å². The van der Waals surface area contributed by atoms with Crippen molar-refractivity contribution in [3.8, 4) is 0 Å². The summed E-state index contributed by atoms with van der Waals surface area (Å²) in [7, 11) is 0. The van der Waals surface area contributed by atoms with Gasteiger partial charge in [0, 0.05) is 12.6 Å². The summed E-state index contributed by atoms with van der Waals surface area (Å²) in [6.45, 7) is 1.67. The molecule has 3 heteroatoms. The fourth-order valence-corrected chi connectivity index (χ4v) is 0.868. The maximum Gasteiger partial charge on any atom is 0.302 e. The number of ether oxygens (including phenoxy) is 1. The third-order valence-corrected chi connectivity index (χ3v) is 1.39. The van der Waals surface area contributed by atoms with Crippen LogP contribution in [0.3, 0.4) is 0 Å². The maximum atomic E-state index is 10.4. The van der Waals surface area contributed by atoms with E-state index in [1.807, 2.05) is 12.1 Å². The second-order valence-corrected chi connectivity index (χ2v) is 2.53. The summed E-state index contributed by atoms with van der Waals surface area (Å²) in [5, 5.41) is 0. The van der Waals surface area contributed by atoms with E-state index in [0.717, 1.165) is 5.56 Å². The van der Waals surface area contributed by atoms with E-state index in [0.29, 0.717) is 12.3 Å². The summed E-state index contributed by atoms with van der Waals surface area (Å²) >= 11 is 0. The van der Waals surface area contributed by atoms with Crippen molar-refractivity contribution in [2.75, 3.05) is 5.73 Å². The van der Waals surface area contributed by atoms with Crippen molar-refractivity contribution in [1.29, 1.82) is 0 Å². The van der Waals surface area contributed by atoms with Crippen LogP contribution in [0.4, 0.5) is 5.69 Å². The lowest BCUT2D eigenvalue weighted by atomic mass is 10.2. The van der Waals surface area contributed by atoms with Gasteiger partial charge in [-0.3, -0.25) is 4.79 Å². The lowest BCUT2D eigenvalue weighted by Crippen LogP contribution is -1.99. The zero-order valence-corrected chi connectivity index (χ0v) is 6.91. The highest BCUT2D eigenvalue weighted by atomic mass is 16.5. The first-order valence-corrected chi connectivity index (χ1v) is 3.66. The Balaban J connectivity index is 2.57. The lowest BCUT2D eigenvalue weighted by molar-refractivity contribution is -0.142. The number of hydrogen-bond donors (Lipinski definition) is 1. The molecule has 0 atom stereocenters. The fraction of sp³-hybridized carbons (Fsp3) is 0.222. The zero-order chi connectivity index (χ0) is 8.97. The highest BCUT2D eigenvalue weighted by Gasteiger charge is 1.95. The molecule has 0 radical (unpaired) electrons. The maximum absolute atomic E-state index is 10.4. The smallest absolute Gasteiger partial charge is 0.302 e. The van der Waals surface area contributed by atoms with Gasteiger partial charge in [0.2, 0.25) is 0 Å². The molecule has 1 aromatic carbocycles. The van der Waals surface area contributed by atoms with Gasteiger partial charge in [-0.25, -0.2) is 0 Å². The number of carbonyl (C=O) groups excluding carboxylic acids is 1. The average molecular weight is 165 g/mol. The molecule has 3 nitrogen and oxygen atoms in total. The monoisotopic (exact) mass is 165 g/mol. The highest BCUT2D eigenvalue weighted by molar-refractivity contribution is 5.65. The second-order valence-electron chi connectivity index (χ2n) is 2.53. The standard InChI is InChI=1S/C9H11NO2/c1-7(11)12-6-8-3-2-4-9(10)5-8/h2-5H,6,10H2,1H3. The minimum atomic E-state index is -0.280. The van der Waals surface area contributed by atoms with Gasteiger partial charge in [0.1, 0.15) is 6.61 Å². The van der Waals surface area contributed by atoms with Crippen LogP contribution in [0.15, 0.2) is 24.3 Å². The molecule has 0 amide bonds. The zero-order valence-electron chi connectivity index (χ0n) is 6.91. The van der Waals surface area contributed by atoms with E-state index >= 15 is 0 Å². The molecule has 64 valence electrons. The SMILES string of the molecule is CC(=O)OCc1cccc(N)c1. The molecule has 0 saturated heterocycles. The van der Waals surface area contributed by atoms with E-state index in [1.165, 1.54) is 6.92 Å². The van der Waals surface area contributed by atoms with E-state index in [4.69, 9.17) is 10.5 Å². The van der Waals surface area contributed by atoms with Crippen molar-refractivity contribution in [3.63, 3.8) is 0 Å². The summed E-state index contributed by atoms with van der Waals surface area (Å²) in [4.78, 5) is 10.4. The van der Waals surface area contributed by atoms with Crippen LogP contribution in [-0.2, 0) is 16.1 Å². The first-order chi connectivity index (χ1) is 5.68. The van der Waals surface area contributed by atoms with Gasteiger partial charge in [-0.15, -0.1) is 0 Å². The van der Waals surface area contributed by atoms with Crippen molar-refractivity contribution < 1.29 is 9.53 Å². The van der Waals surface area contributed by atoms with Crippen LogP contribution in [-0.4, -0.2) is 5.97 Å². The van der Waals surface area contributed by atoms with Crippen LogP contribution in [0.5, 0.6) is 0 Å². The number of anilines is 1. The number of carbonyl (C=O) groups is 1. The predicted molar refractivity (Wildman–Crippen MR) is 46.3 cm³/mol. The summed E-state index contributed by atoms with van der Waals surface area (Å²) < 4.78 is 4.79. The normalized spacial score (nSPS) is 9.42. The molecule has 0 saturated carbocycles. The van der Waals surface area contributed by atoms with E-state index in [9.17, 15) is 4.79 Å². The Morgan fingerprint density at radius 2 is 2.33 bits per heavy atom. The third-order valence-electron chi connectivity index (χ3n) is 1.39. The Kier molecular flexibility index (Phi) is 2.69. The first kappa shape index (κ1) is 8.59. The Labute approximate surface area is 71.1 Å². The van der Waals surface area contributed by atoms with Crippen LogP contribution >= 0.6 is 0 Å². The van der Waals surface area contributed by atoms with Crippen LogP contribution in [0, 0.1) is 0 Å². The molecule has 1 rings (SSSR count). The largest absolute Gasteiger partial charge is 0.461 e. The molecular weight excluding hydrogens is 154 g/mol. The Morgan fingerprint density at radius 3 is 2.92 bits per heavy atom. The van der Waals surface area contributed by atoms with E-state index in [2.05, 4.69) is 0 Å². The van der Waals surface area contributed by atoms with E-state index < -0.39 is 0 Å². The third kappa shape index (κ3) is 2.62. The summed E-state index contributed by atoms with van der Waals surface area (Å²) in [5.41, 5.74) is 7.11. The number of hydrogen-bond acceptors (Lipinski definition) is 3. The predicted octanol–water partition coefficient (Wildman–Crippen LogP) is 1.33. The molecule has 0 heterocycles. The number of rotatable bonds is 2. The van der Waals surface area contributed by atoms with Crippen molar-refractivity contribution >= 4 is 11.7 Å². The molecule has 1 aromatic rings. The molecular formula is C9H11NO2. The van der Waals surface area contributed by atoms with E-state index in [-0.39, 0.29) is 5.97 Å². The Bertz CT molecular complexity index is 284. The van der Waals surface area contributed by atoms with Crippen molar-refractivity contribution in [1.82, 2.24) is 0 Å². The van der Waals surface area contributed by atoms with Gasteiger partial charge in [0.25, 0.3) is 0 Å². The number of benzene rings is 1.